The van der Waals surface area contributed by atoms with Crippen molar-refractivity contribution < 1.29 is 13.9 Å². The summed E-state index contributed by atoms with van der Waals surface area (Å²) in [7, 11) is 0. The van der Waals surface area contributed by atoms with E-state index in [1.54, 1.807) is 13.0 Å². The molecule has 0 aliphatic rings. The van der Waals surface area contributed by atoms with Gasteiger partial charge in [0.25, 0.3) is 5.91 Å². The fourth-order valence-corrected chi connectivity index (χ4v) is 1.68. The largest absolute Gasteiger partial charge is 0.481 e. The number of hydrogen-bond donors (Lipinski definition) is 1. The number of amides is 1. The highest BCUT2D eigenvalue weighted by Gasteiger charge is 2.16. The maximum atomic E-state index is 12.9. The minimum atomic E-state index is -0.754. The highest BCUT2D eigenvalue weighted by Crippen LogP contribution is 2.15. The number of nitrogens with one attached hydrogen (secondary N) is 1. The molecule has 1 aromatic heterocycles. The first-order valence-electron chi connectivity index (χ1n) is 5.14. The van der Waals surface area contributed by atoms with E-state index in [4.69, 9.17) is 4.74 Å². The van der Waals surface area contributed by atoms with Gasteiger partial charge in [0.2, 0.25) is 5.13 Å². The van der Waals surface area contributed by atoms with Gasteiger partial charge in [-0.1, -0.05) is 17.4 Å². The van der Waals surface area contributed by atoms with Crippen molar-refractivity contribution in [3.05, 3.63) is 35.6 Å². The van der Waals surface area contributed by atoms with Crippen molar-refractivity contribution in [2.45, 2.75) is 13.0 Å². The number of anilines is 1. The standard InChI is InChI=1S/C11H10FN3O2S/c1-7(10(16)14-11-15-13-6-18-11)17-9-4-2-3-8(12)5-9/h2-7H,1H3,(H,14,15,16). The molecule has 1 unspecified atom stereocenters. The van der Waals surface area contributed by atoms with E-state index in [1.807, 2.05) is 0 Å². The van der Waals surface area contributed by atoms with Gasteiger partial charge in [-0.2, -0.15) is 0 Å². The second kappa shape index (κ2) is 5.54. The smallest absolute Gasteiger partial charge is 0.266 e. The molecular weight excluding hydrogens is 257 g/mol. The van der Waals surface area contributed by atoms with Crippen molar-refractivity contribution in [3.63, 3.8) is 0 Å². The van der Waals surface area contributed by atoms with E-state index < -0.39 is 11.9 Å². The summed E-state index contributed by atoms with van der Waals surface area (Å²) in [6, 6.07) is 5.62. The lowest BCUT2D eigenvalue weighted by molar-refractivity contribution is -0.122. The van der Waals surface area contributed by atoms with Crippen LogP contribution in [0.5, 0.6) is 5.75 Å². The lowest BCUT2D eigenvalue weighted by atomic mass is 10.3. The van der Waals surface area contributed by atoms with Crippen LogP contribution in [0.15, 0.2) is 29.8 Å². The molecular formula is C11H10FN3O2S. The van der Waals surface area contributed by atoms with Crippen LogP contribution in [0.3, 0.4) is 0 Å². The fourth-order valence-electron chi connectivity index (χ4n) is 1.23. The van der Waals surface area contributed by atoms with Gasteiger partial charge < -0.3 is 4.74 Å². The highest BCUT2D eigenvalue weighted by atomic mass is 32.1. The molecule has 1 heterocycles. The number of aromatic nitrogens is 2. The lowest BCUT2D eigenvalue weighted by Crippen LogP contribution is -2.30. The summed E-state index contributed by atoms with van der Waals surface area (Å²) >= 11 is 1.21. The van der Waals surface area contributed by atoms with E-state index in [0.717, 1.165) is 0 Å². The molecule has 1 amide bonds. The van der Waals surface area contributed by atoms with Gasteiger partial charge in [0.05, 0.1) is 0 Å². The third kappa shape index (κ3) is 3.24. The summed E-state index contributed by atoms with van der Waals surface area (Å²) in [4.78, 5) is 11.7. The molecule has 1 aromatic carbocycles. The Morgan fingerprint density at radius 2 is 2.39 bits per heavy atom. The first-order valence-corrected chi connectivity index (χ1v) is 6.02. The van der Waals surface area contributed by atoms with Crippen molar-refractivity contribution in [2.24, 2.45) is 0 Å². The molecule has 0 aliphatic carbocycles. The average molecular weight is 267 g/mol. The summed E-state index contributed by atoms with van der Waals surface area (Å²) in [6.45, 7) is 1.57. The Hall–Kier alpha value is -2.02. The topological polar surface area (TPSA) is 64.1 Å². The van der Waals surface area contributed by atoms with Gasteiger partial charge in [0, 0.05) is 6.07 Å². The monoisotopic (exact) mass is 267 g/mol. The summed E-state index contributed by atoms with van der Waals surface area (Å²) in [5.74, 6) is -0.477. The maximum absolute atomic E-state index is 12.9. The molecule has 1 N–H and O–H groups in total. The van der Waals surface area contributed by atoms with Crippen LogP contribution in [0, 0.1) is 5.82 Å². The Kier molecular flexibility index (Phi) is 3.83. The van der Waals surface area contributed by atoms with Crippen molar-refractivity contribution >= 4 is 22.4 Å². The van der Waals surface area contributed by atoms with Crippen molar-refractivity contribution in [1.29, 1.82) is 0 Å². The number of carbonyl (C=O) groups is 1. The Morgan fingerprint density at radius 3 is 3.06 bits per heavy atom. The molecule has 2 rings (SSSR count). The molecule has 18 heavy (non-hydrogen) atoms. The third-order valence-electron chi connectivity index (χ3n) is 2.07. The Morgan fingerprint density at radius 1 is 1.56 bits per heavy atom. The number of ether oxygens (including phenoxy) is 1. The van der Waals surface area contributed by atoms with Crippen LogP contribution < -0.4 is 10.1 Å². The first-order chi connectivity index (χ1) is 8.65. The number of benzene rings is 1. The van der Waals surface area contributed by atoms with Crippen LogP contribution >= 0.6 is 11.3 Å². The molecule has 1 atom stereocenters. The van der Waals surface area contributed by atoms with Gasteiger partial charge >= 0.3 is 0 Å². The maximum Gasteiger partial charge on any atom is 0.266 e. The third-order valence-corrected chi connectivity index (χ3v) is 2.67. The van der Waals surface area contributed by atoms with Gasteiger partial charge in [-0.3, -0.25) is 10.1 Å². The molecule has 5 nitrogen and oxygen atoms in total. The summed E-state index contributed by atoms with van der Waals surface area (Å²) in [6.07, 6.45) is -0.754. The zero-order chi connectivity index (χ0) is 13.0. The van der Waals surface area contributed by atoms with Gasteiger partial charge in [-0.05, 0) is 19.1 Å². The van der Waals surface area contributed by atoms with Crippen LogP contribution in [0.25, 0.3) is 0 Å². The summed E-state index contributed by atoms with van der Waals surface area (Å²) in [5, 5.41) is 10.2. The molecule has 0 spiro atoms. The van der Waals surface area contributed by atoms with E-state index in [-0.39, 0.29) is 5.91 Å². The molecule has 7 heteroatoms. The van der Waals surface area contributed by atoms with Gasteiger partial charge in [0.1, 0.15) is 17.1 Å². The zero-order valence-electron chi connectivity index (χ0n) is 9.46. The predicted molar refractivity (Wildman–Crippen MR) is 65.0 cm³/mol. The van der Waals surface area contributed by atoms with Gasteiger partial charge in [-0.15, -0.1) is 10.2 Å². The van der Waals surface area contributed by atoms with E-state index in [9.17, 15) is 9.18 Å². The number of carbonyl (C=O) groups excluding carboxylic acids is 1. The van der Waals surface area contributed by atoms with Gasteiger partial charge in [0.15, 0.2) is 6.10 Å². The zero-order valence-corrected chi connectivity index (χ0v) is 10.3. The van der Waals surface area contributed by atoms with E-state index >= 15 is 0 Å². The molecule has 94 valence electrons. The first kappa shape index (κ1) is 12.4. The minimum absolute atomic E-state index is 0.301. The average Bonchev–Trinajstić information content (AvgIpc) is 2.81. The fraction of sp³-hybridized carbons (Fsp3) is 0.182. The Balaban J connectivity index is 1.95. The molecule has 0 fully saturated rings. The normalized spacial score (nSPS) is 11.9. The van der Waals surface area contributed by atoms with E-state index in [1.165, 1.54) is 35.0 Å². The minimum Gasteiger partial charge on any atom is -0.481 e. The van der Waals surface area contributed by atoms with Crippen molar-refractivity contribution in [2.75, 3.05) is 5.32 Å². The van der Waals surface area contributed by atoms with Crippen molar-refractivity contribution in [3.8, 4) is 5.75 Å². The molecule has 0 radical (unpaired) electrons. The van der Waals surface area contributed by atoms with Crippen LogP contribution in [0.4, 0.5) is 9.52 Å². The molecule has 0 aliphatic heterocycles. The van der Waals surface area contributed by atoms with Crippen LogP contribution in [-0.4, -0.2) is 22.2 Å². The number of nitrogens with zero attached hydrogens (tertiary/aromatic N) is 2. The highest BCUT2D eigenvalue weighted by molar-refractivity contribution is 7.13. The lowest BCUT2D eigenvalue weighted by Gasteiger charge is -2.13. The molecule has 0 saturated carbocycles. The number of rotatable bonds is 4. The Bertz CT molecular complexity index is 533. The summed E-state index contributed by atoms with van der Waals surface area (Å²) < 4.78 is 18.2. The van der Waals surface area contributed by atoms with Crippen LogP contribution in [0.2, 0.25) is 0 Å². The quantitative estimate of drug-likeness (QED) is 0.921. The summed E-state index contributed by atoms with van der Waals surface area (Å²) in [5.41, 5.74) is 1.51. The SMILES string of the molecule is CC(Oc1cccc(F)c1)C(=O)Nc1nncs1. The van der Waals surface area contributed by atoms with Crippen molar-refractivity contribution in [1.82, 2.24) is 10.2 Å². The second-order valence-electron chi connectivity index (χ2n) is 3.45. The van der Waals surface area contributed by atoms with E-state index in [2.05, 4.69) is 15.5 Å². The van der Waals surface area contributed by atoms with Crippen LogP contribution in [0.1, 0.15) is 6.92 Å². The second-order valence-corrected chi connectivity index (χ2v) is 4.28. The Labute approximate surface area is 107 Å². The predicted octanol–water partition coefficient (Wildman–Crippen LogP) is 2.08. The van der Waals surface area contributed by atoms with E-state index in [0.29, 0.717) is 10.9 Å². The van der Waals surface area contributed by atoms with Crippen LogP contribution in [-0.2, 0) is 4.79 Å². The molecule has 0 bridgehead atoms. The molecule has 0 saturated heterocycles. The van der Waals surface area contributed by atoms with Gasteiger partial charge in [-0.25, -0.2) is 4.39 Å². The number of hydrogen-bond acceptors (Lipinski definition) is 5. The number of halogens is 1. The molecule has 2 aromatic rings.